The molecule has 1 aromatic heterocycles. The van der Waals surface area contributed by atoms with E-state index in [0.717, 1.165) is 23.3 Å². The van der Waals surface area contributed by atoms with Crippen LogP contribution in [-0.4, -0.2) is 47.9 Å². The lowest BCUT2D eigenvalue weighted by Crippen LogP contribution is -2.48. The number of fused-ring (bicyclic) bond motifs is 1. The highest BCUT2D eigenvalue weighted by molar-refractivity contribution is 7.10. The minimum Gasteiger partial charge on any atom is -0.491 e. The van der Waals surface area contributed by atoms with Crippen LogP contribution in [0.2, 0.25) is 0 Å². The molecule has 34 heavy (non-hydrogen) atoms. The predicted octanol–water partition coefficient (Wildman–Crippen LogP) is 5.03. The summed E-state index contributed by atoms with van der Waals surface area (Å²) in [7, 11) is 0. The average molecular weight is 479 g/mol. The molecule has 1 aliphatic heterocycles. The first kappa shape index (κ1) is 23.7. The van der Waals surface area contributed by atoms with Crippen molar-refractivity contribution in [3.05, 3.63) is 100 Å². The molecule has 0 bridgehead atoms. The van der Waals surface area contributed by atoms with Gasteiger partial charge in [0.05, 0.1) is 11.6 Å². The number of carbonyl (C=O) groups excluding carboxylic acids is 2. The lowest BCUT2D eigenvalue weighted by Gasteiger charge is -2.37. The topological polar surface area (TPSA) is 49.9 Å². The largest absolute Gasteiger partial charge is 0.491 e. The van der Waals surface area contributed by atoms with E-state index >= 15 is 0 Å². The third kappa shape index (κ3) is 5.20. The zero-order valence-corrected chi connectivity index (χ0v) is 19.9. The fourth-order valence-corrected chi connectivity index (χ4v) is 5.05. The molecule has 0 fully saturated rings. The van der Waals surface area contributed by atoms with Crippen LogP contribution in [0.15, 0.2) is 72.6 Å². The number of nitrogens with zero attached hydrogens (tertiary/aromatic N) is 2. The summed E-state index contributed by atoms with van der Waals surface area (Å²) < 4.78 is 20.3. The fraction of sp³-hybridized carbons (Fsp3) is 0.259. The van der Waals surface area contributed by atoms with Gasteiger partial charge in [-0.15, -0.1) is 17.9 Å². The summed E-state index contributed by atoms with van der Waals surface area (Å²) in [4.78, 5) is 30.8. The van der Waals surface area contributed by atoms with Crippen LogP contribution in [-0.2, 0) is 11.2 Å². The Balaban J connectivity index is 1.53. The fourth-order valence-electron chi connectivity index (χ4n) is 4.12. The van der Waals surface area contributed by atoms with Gasteiger partial charge in [-0.25, -0.2) is 4.39 Å². The van der Waals surface area contributed by atoms with Crippen LogP contribution in [0.5, 0.6) is 5.75 Å². The summed E-state index contributed by atoms with van der Waals surface area (Å²) in [5, 5.41) is 2.03. The van der Waals surface area contributed by atoms with Gasteiger partial charge in [-0.05, 0) is 54.6 Å². The van der Waals surface area contributed by atoms with Crippen molar-refractivity contribution in [2.24, 2.45) is 0 Å². The number of hydrogen-bond donors (Lipinski definition) is 0. The van der Waals surface area contributed by atoms with Gasteiger partial charge in [0.25, 0.3) is 5.91 Å². The van der Waals surface area contributed by atoms with Gasteiger partial charge in [-0.1, -0.05) is 35.9 Å². The smallest absolute Gasteiger partial charge is 0.257 e. The van der Waals surface area contributed by atoms with E-state index in [9.17, 15) is 14.0 Å². The molecule has 5 nitrogen and oxygen atoms in total. The molecule has 0 unspecified atom stereocenters. The van der Waals surface area contributed by atoms with Crippen LogP contribution in [0.1, 0.15) is 32.4 Å². The van der Waals surface area contributed by atoms with Crippen LogP contribution in [0.25, 0.3) is 0 Å². The number of hydrogen-bond acceptors (Lipinski definition) is 4. The van der Waals surface area contributed by atoms with E-state index in [1.165, 1.54) is 34.1 Å². The molecule has 3 aromatic rings. The number of benzene rings is 2. The molecule has 2 heterocycles. The van der Waals surface area contributed by atoms with E-state index in [1.807, 2.05) is 42.6 Å². The van der Waals surface area contributed by atoms with Crippen molar-refractivity contribution in [1.82, 2.24) is 9.80 Å². The Labute approximate surface area is 203 Å². The van der Waals surface area contributed by atoms with Gasteiger partial charge in [0.15, 0.2) is 0 Å². The summed E-state index contributed by atoms with van der Waals surface area (Å²) >= 11 is 1.68. The molecule has 7 heteroatoms. The van der Waals surface area contributed by atoms with Crippen molar-refractivity contribution >= 4 is 23.2 Å². The zero-order valence-electron chi connectivity index (χ0n) is 19.1. The third-order valence-electron chi connectivity index (χ3n) is 5.91. The molecule has 1 atom stereocenters. The molecule has 4 rings (SSSR count). The van der Waals surface area contributed by atoms with Gasteiger partial charge in [0, 0.05) is 18.0 Å². The van der Waals surface area contributed by atoms with E-state index in [1.54, 1.807) is 22.3 Å². The zero-order chi connectivity index (χ0) is 24.1. The van der Waals surface area contributed by atoms with Crippen LogP contribution in [0.4, 0.5) is 4.39 Å². The van der Waals surface area contributed by atoms with Gasteiger partial charge in [0.2, 0.25) is 5.91 Å². The first-order chi connectivity index (χ1) is 16.5. The van der Waals surface area contributed by atoms with Crippen molar-refractivity contribution in [1.29, 1.82) is 0 Å². The maximum Gasteiger partial charge on any atom is 0.257 e. The second-order valence-corrected chi connectivity index (χ2v) is 9.23. The number of ether oxygens (including phenoxy) is 1. The Bertz CT molecular complexity index is 1170. The molecule has 0 aliphatic carbocycles. The minimum absolute atomic E-state index is 0.0600. The Morgan fingerprint density at radius 2 is 1.97 bits per heavy atom. The summed E-state index contributed by atoms with van der Waals surface area (Å²) in [6.07, 6.45) is 2.29. The average Bonchev–Trinajstić information content (AvgIpc) is 3.32. The standard InChI is InChI=1S/C27H27FN2O3S/c1-3-14-29(27(32)21-6-4-5-7-23(21)28)17-26(31)30-15-12-25-22(13-16-34-25)24(30)18-33-20-10-8-19(2)9-11-20/h3-11,13,16,24H,1,12,14-15,17-18H2,2H3/t24-/m1/s1. The molecular formula is C27H27FN2O3S. The van der Waals surface area contributed by atoms with Crippen molar-refractivity contribution in [2.45, 2.75) is 19.4 Å². The Kier molecular flexibility index (Phi) is 7.43. The van der Waals surface area contributed by atoms with Crippen LogP contribution in [0, 0.1) is 12.7 Å². The minimum atomic E-state index is -0.612. The van der Waals surface area contributed by atoms with E-state index in [4.69, 9.17) is 4.74 Å². The van der Waals surface area contributed by atoms with Crippen LogP contribution >= 0.6 is 11.3 Å². The number of carbonyl (C=O) groups is 2. The monoisotopic (exact) mass is 478 g/mol. The molecule has 0 spiro atoms. The summed E-state index contributed by atoms with van der Waals surface area (Å²) in [5.74, 6) is -0.615. The maximum atomic E-state index is 14.2. The lowest BCUT2D eigenvalue weighted by atomic mass is 10.0. The molecule has 2 aromatic carbocycles. The number of aryl methyl sites for hydroxylation is 1. The van der Waals surface area contributed by atoms with E-state index in [-0.39, 0.29) is 30.6 Å². The SMILES string of the molecule is C=CCN(CC(=O)N1CCc2sccc2[C@H]1COc1ccc(C)cc1)C(=O)c1ccccc1F. The Morgan fingerprint density at radius 1 is 1.21 bits per heavy atom. The molecule has 2 amide bonds. The Morgan fingerprint density at radius 3 is 2.71 bits per heavy atom. The van der Waals surface area contributed by atoms with E-state index < -0.39 is 11.7 Å². The molecule has 0 radical (unpaired) electrons. The van der Waals surface area contributed by atoms with Crippen LogP contribution < -0.4 is 4.74 Å². The van der Waals surface area contributed by atoms with Crippen LogP contribution in [0.3, 0.4) is 0 Å². The molecular weight excluding hydrogens is 451 g/mol. The van der Waals surface area contributed by atoms with Gasteiger partial charge in [0.1, 0.15) is 24.7 Å². The summed E-state index contributed by atoms with van der Waals surface area (Å²) in [6, 6.07) is 15.4. The number of thiophene rings is 1. The molecule has 1 aliphatic rings. The molecule has 0 saturated carbocycles. The second kappa shape index (κ2) is 10.7. The van der Waals surface area contributed by atoms with Crippen molar-refractivity contribution < 1.29 is 18.7 Å². The quantitative estimate of drug-likeness (QED) is 0.427. The second-order valence-electron chi connectivity index (χ2n) is 8.23. The van der Waals surface area contributed by atoms with Crippen molar-refractivity contribution in [3.8, 4) is 5.75 Å². The lowest BCUT2D eigenvalue weighted by molar-refractivity contribution is -0.135. The number of rotatable bonds is 8. The first-order valence-electron chi connectivity index (χ1n) is 11.2. The van der Waals surface area contributed by atoms with Gasteiger partial charge >= 0.3 is 0 Å². The molecule has 176 valence electrons. The highest BCUT2D eigenvalue weighted by Gasteiger charge is 2.33. The first-order valence-corrected chi connectivity index (χ1v) is 12.1. The van der Waals surface area contributed by atoms with Gasteiger partial charge in [-0.2, -0.15) is 0 Å². The van der Waals surface area contributed by atoms with Crippen molar-refractivity contribution in [2.75, 3.05) is 26.2 Å². The normalized spacial score (nSPS) is 14.9. The Hall–Kier alpha value is -3.45. The highest BCUT2D eigenvalue weighted by atomic mass is 32.1. The van der Waals surface area contributed by atoms with E-state index in [2.05, 4.69) is 6.58 Å². The third-order valence-corrected chi connectivity index (χ3v) is 6.91. The summed E-state index contributed by atoms with van der Waals surface area (Å²) in [6.45, 7) is 6.52. The van der Waals surface area contributed by atoms with Gasteiger partial charge in [-0.3, -0.25) is 9.59 Å². The van der Waals surface area contributed by atoms with Gasteiger partial charge < -0.3 is 14.5 Å². The molecule has 0 saturated heterocycles. The number of halogens is 1. The number of amides is 2. The van der Waals surface area contributed by atoms with Crippen molar-refractivity contribution in [3.63, 3.8) is 0 Å². The summed E-state index contributed by atoms with van der Waals surface area (Å²) in [5.41, 5.74) is 2.16. The molecule has 0 N–H and O–H groups in total. The maximum absolute atomic E-state index is 14.2. The predicted molar refractivity (Wildman–Crippen MR) is 132 cm³/mol. The van der Waals surface area contributed by atoms with E-state index in [0.29, 0.717) is 13.2 Å². The highest BCUT2D eigenvalue weighted by Crippen LogP contribution is 2.34.